The van der Waals surface area contributed by atoms with Gasteiger partial charge in [-0.3, -0.25) is 14.5 Å². The van der Waals surface area contributed by atoms with Gasteiger partial charge in [0.25, 0.3) is 5.91 Å². The van der Waals surface area contributed by atoms with Crippen molar-refractivity contribution in [1.29, 1.82) is 0 Å². The van der Waals surface area contributed by atoms with E-state index < -0.39 is 36.5 Å². The molecule has 106 valence electrons. The number of benzene rings is 1. The summed E-state index contributed by atoms with van der Waals surface area (Å²) in [7, 11) is 0. The van der Waals surface area contributed by atoms with Crippen molar-refractivity contribution < 1.29 is 29.7 Å². The lowest BCUT2D eigenvalue weighted by Gasteiger charge is -2.27. The van der Waals surface area contributed by atoms with Crippen molar-refractivity contribution >= 4 is 17.8 Å². The van der Waals surface area contributed by atoms with E-state index in [-0.39, 0.29) is 12.0 Å². The lowest BCUT2D eigenvalue weighted by molar-refractivity contribution is -0.147. The van der Waals surface area contributed by atoms with Crippen LogP contribution in [-0.2, 0) is 9.59 Å². The summed E-state index contributed by atoms with van der Waals surface area (Å²) >= 11 is 0. The standard InChI is InChI=1S/C13H13NO6/c15-10(16)6-5-9(13(19)20)14-11(17)7-3-1-2-4-8(7)12(14)18/h1-4,9,11,17H,5-6H2,(H,15,16)(H,19,20). The van der Waals surface area contributed by atoms with Crippen molar-refractivity contribution in [3.8, 4) is 0 Å². The second-order valence-electron chi connectivity index (χ2n) is 4.46. The van der Waals surface area contributed by atoms with Crippen LogP contribution in [-0.4, -0.2) is 44.1 Å². The Morgan fingerprint density at radius 1 is 1.25 bits per heavy atom. The van der Waals surface area contributed by atoms with Crippen molar-refractivity contribution in [1.82, 2.24) is 4.90 Å². The number of carboxylic acids is 2. The largest absolute Gasteiger partial charge is 0.481 e. The number of hydrogen-bond donors (Lipinski definition) is 3. The summed E-state index contributed by atoms with van der Waals surface area (Å²) < 4.78 is 0. The number of fused-ring (bicyclic) bond motifs is 1. The van der Waals surface area contributed by atoms with E-state index in [0.717, 1.165) is 4.90 Å². The van der Waals surface area contributed by atoms with Gasteiger partial charge in [-0.1, -0.05) is 18.2 Å². The summed E-state index contributed by atoms with van der Waals surface area (Å²) in [6.07, 6.45) is -2.03. The molecular formula is C13H13NO6. The highest BCUT2D eigenvalue weighted by Gasteiger charge is 2.42. The van der Waals surface area contributed by atoms with E-state index in [0.29, 0.717) is 5.56 Å². The molecule has 1 heterocycles. The molecular weight excluding hydrogens is 266 g/mol. The van der Waals surface area contributed by atoms with E-state index >= 15 is 0 Å². The average Bonchev–Trinajstić information content (AvgIpc) is 2.64. The maximum atomic E-state index is 12.2. The summed E-state index contributed by atoms with van der Waals surface area (Å²) in [5.74, 6) is -3.10. The molecule has 0 saturated carbocycles. The molecule has 2 unspecified atom stereocenters. The van der Waals surface area contributed by atoms with Crippen LogP contribution in [0, 0.1) is 0 Å². The quantitative estimate of drug-likeness (QED) is 0.720. The van der Waals surface area contributed by atoms with E-state index in [4.69, 9.17) is 10.2 Å². The zero-order valence-electron chi connectivity index (χ0n) is 10.4. The van der Waals surface area contributed by atoms with E-state index in [2.05, 4.69) is 0 Å². The summed E-state index contributed by atoms with van der Waals surface area (Å²) in [4.78, 5) is 34.8. The molecule has 0 bridgehead atoms. The van der Waals surface area contributed by atoms with Gasteiger partial charge in [0.05, 0.1) is 0 Å². The van der Waals surface area contributed by atoms with Crippen LogP contribution < -0.4 is 0 Å². The van der Waals surface area contributed by atoms with Gasteiger partial charge in [-0.15, -0.1) is 0 Å². The highest BCUT2D eigenvalue weighted by atomic mass is 16.4. The van der Waals surface area contributed by atoms with Crippen molar-refractivity contribution in [3.05, 3.63) is 35.4 Å². The topological polar surface area (TPSA) is 115 Å². The molecule has 0 saturated heterocycles. The predicted octanol–water partition coefficient (Wildman–Crippen LogP) is 0.451. The minimum Gasteiger partial charge on any atom is -0.481 e. The zero-order chi connectivity index (χ0) is 14.9. The van der Waals surface area contributed by atoms with Gasteiger partial charge in [-0.2, -0.15) is 0 Å². The highest BCUT2D eigenvalue weighted by molar-refractivity contribution is 6.01. The van der Waals surface area contributed by atoms with E-state index in [9.17, 15) is 19.5 Å². The molecule has 7 nitrogen and oxygen atoms in total. The molecule has 1 aliphatic rings. The molecule has 1 aliphatic heterocycles. The van der Waals surface area contributed by atoms with Gasteiger partial charge in [0.15, 0.2) is 6.23 Å². The highest BCUT2D eigenvalue weighted by Crippen LogP contribution is 2.34. The number of carbonyl (C=O) groups excluding carboxylic acids is 1. The Hall–Kier alpha value is -2.41. The van der Waals surface area contributed by atoms with Gasteiger partial charge in [0.2, 0.25) is 0 Å². The Balaban J connectivity index is 2.29. The SMILES string of the molecule is O=C(O)CCC(C(=O)O)N1C(=O)c2ccccc2C1O. The Morgan fingerprint density at radius 3 is 2.45 bits per heavy atom. The fraction of sp³-hybridized carbons (Fsp3) is 0.308. The van der Waals surface area contributed by atoms with E-state index in [1.165, 1.54) is 12.1 Å². The summed E-state index contributed by atoms with van der Waals surface area (Å²) in [5.41, 5.74) is 0.570. The molecule has 0 spiro atoms. The molecule has 0 aliphatic carbocycles. The second kappa shape index (κ2) is 5.30. The van der Waals surface area contributed by atoms with Crippen LogP contribution in [0.5, 0.6) is 0 Å². The summed E-state index contributed by atoms with van der Waals surface area (Å²) in [6.45, 7) is 0. The van der Waals surface area contributed by atoms with E-state index in [1.807, 2.05) is 0 Å². The third-order valence-electron chi connectivity index (χ3n) is 3.22. The molecule has 20 heavy (non-hydrogen) atoms. The van der Waals surface area contributed by atoms with Crippen molar-refractivity contribution in [2.75, 3.05) is 0 Å². The van der Waals surface area contributed by atoms with Gasteiger partial charge < -0.3 is 15.3 Å². The fourth-order valence-corrected chi connectivity index (χ4v) is 2.27. The van der Waals surface area contributed by atoms with Crippen molar-refractivity contribution in [2.45, 2.75) is 25.1 Å². The molecule has 1 amide bonds. The van der Waals surface area contributed by atoms with Crippen LogP contribution in [0.2, 0.25) is 0 Å². The molecule has 0 aromatic heterocycles. The van der Waals surface area contributed by atoms with Crippen LogP contribution >= 0.6 is 0 Å². The Labute approximate surface area is 114 Å². The molecule has 7 heteroatoms. The average molecular weight is 279 g/mol. The molecule has 1 aromatic rings. The van der Waals surface area contributed by atoms with Gasteiger partial charge in [0.1, 0.15) is 6.04 Å². The monoisotopic (exact) mass is 279 g/mol. The first-order valence-corrected chi connectivity index (χ1v) is 5.97. The normalized spacial score (nSPS) is 18.8. The van der Waals surface area contributed by atoms with Crippen LogP contribution in [0.15, 0.2) is 24.3 Å². The minimum atomic E-state index is -1.37. The third kappa shape index (κ3) is 2.35. The lowest BCUT2D eigenvalue weighted by Crippen LogP contribution is -2.43. The number of carboxylic acid groups (broad SMARTS) is 2. The molecule has 2 atom stereocenters. The second-order valence-corrected chi connectivity index (χ2v) is 4.46. The number of aliphatic hydroxyl groups is 1. The number of rotatable bonds is 5. The van der Waals surface area contributed by atoms with Crippen LogP contribution in [0.4, 0.5) is 0 Å². The summed E-state index contributed by atoms with van der Waals surface area (Å²) in [6, 6.07) is 4.90. The van der Waals surface area contributed by atoms with Gasteiger partial charge in [0, 0.05) is 17.5 Å². The van der Waals surface area contributed by atoms with Crippen LogP contribution in [0.1, 0.15) is 35.0 Å². The number of hydrogen-bond acceptors (Lipinski definition) is 4. The smallest absolute Gasteiger partial charge is 0.326 e. The number of aliphatic hydroxyl groups excluding tert-OH is 1. The first-order chi connectivity index (χ1) is 9.43. The minimum absolute atomic E-state index is 0.238. The first-order valence-electron chi connectivity index (χ1n) is 5.97. The third-order valence-corrected chi connectivity index (χ3v) is 3.22. The molecule has 1 aromatic carbocycles. The van der Waals surface area contributed by atoms with Crippen LogP contribution in [0.25, 0.3) is 0 Å². The maximum absolute atomic E-state index is 12.2. The van der Waals surface area contributed by atoms with Crippen LogP contribution in [0.3, 0.4) is 0 Å². The molecule has 2 rings (SSSR count). The van der Waals surface area contributed by atoms with Crippen molar-refractivity contribution in [2.24, 2.45) is 0 Å². The Morgan fingerprint density at radius 2 is 1.90 bits per heavy atom. The van der Waals surface area contributed by atoms with Gasteiger partial charge in [-0.05, 0) is 12.5 Å². The predicted molar refractivity (Wildman–Crippen MR) is 65.9 cm³/mol. The number of carbonyl (C=O) groups is 3. The first kappa shape index (κ1) is 14.0. The number of amides is 1. The summed E-state index contributed by atoms with van der Waals surface area (Å²) in [5, 5.41) is 27.9. The molecule has 0 fully saturated rings. The maximum Gasteiger partial charge on any atom is 0.326 e. The lowest BCUT2D eigenvalue weighted by atomic mass is 10.1. The number of aliphatic carboxylic acids is 2. The Kier molecular flexibility index (Phi) is 3.71. The number of nitrogens with zero attached hydrogens (tertiary/aromatic N) is 1. The van der Waals surface area contributed by atoms with E-state index in [1.54, 1.807) is 12.1 Å². The fourth-order valence-electron chi connectivity index (χ4n) is 2.27. The molecule has 3 N–H and O–H groups in total. The van der Waals surface area contributed by atoms with Crippen molar-refractivity contribution in [3.63, 3.8) is 0 Å². The molecule has 0 radical (unpaired) electrons. The van der Waals surface area contributed by atoms with Gasteiger partial charge >= 0.3 is 11.9 Å². The van der Waals surface area contributed by atoms with Gasteiger partial charge in [-0.25, -0.2) is 4.79 Å². The zero-order valence-corrected chi connectivity index (χ0v) is 10.4. The Bertz CT molecular complexity index is 570.